The number of carbonyl (C=O) groups excluding carboxylic acids is 8. The number of amides is 7. The molecule has 1 aliphatic heterocycles. The first-order chi connectivity index (χ1) is 44.3. The van der Waals surface area contributed by atoms with Crippen molar-refractivity contribution in [3.63, 3.8) is 0 Å². The molecule has 7 amide bonds. The van der Waals surface area contributed by atoms with Crippen molar-refractivity contribution in [1.29, 1.82) is 0 Å². The van der Waals surface area contributed by atoms with Gasteiger partial charge in [-0.05, 0) is 58.2 Å². The number of nitrogens with one attached hydrogen (secondary N) is 7. The number of carboxylic acids is 1. The molecule has 26 nitrogen and oxygen atoms in total. The first kappa shape index (κ1) is 69.4. The molecule has 7 aromatic heterocycles. The van der Waals surface area contributed by atoms with Gasteiger partial charge in [-0.3, -0.25) is 43.2 Å². The van der Waals surface area contributed by atoms with E-state index in [1.165, 1.54) is 29.2 Å². The second-order valence-corrected chi connectivity index (χ2v) is 30.5. The lowest BCUT2D eigenvalue weighted by Gasteiger charge is -2.23. The lowest BCUT2D eigenvalue weighted by Crippen LogP contribution is -2.40. The van der Waals surface area contributed by atoms with Crippen LogP contribution in [0.3, 0.4) is 0 Å². The number of benzene rings is 1. The number of aliphatic hydroxyl groups is 1. The normalized spacial score (nSPS) is 16.2. The van der Waals surface area contributed by atoms with E-state index >= 15 is 0 Å². The fourth-order valence-corrected chi connectivity index (χ4v) is 17.0. The average Bonchev–Trinajstić information content (AvgIpc) is 1.69. The van der Waals surface area contributed by atoms with E-state index < -0.39 is 101 Å². The van der Waals surface area contributed by atoms with Crippen LogP contribution in [0.4, 0.5) is 0 Å². The van der Waals surface area contributed by atoms with Crippen LogP contribution in [0.15, 0.2) is 64.0 Å². The molecule has 0 spiro atoms. The van der Waals surface area contributed by atoms with Crippen LogP contribution in [-0.4, -0.2) is 136 Å². The summed E-state index contributed by atoms with van der Waals surface area (Å²) in [6, 6.07) is 9.06. The second kappa shape index (κ2) is 30.9. The molecule has 5 atom stereocenters. The lowest BCUT2D eigenvalue weighted by molar-refractivity contribution is -0.154. The zero-order valence-corrected chi connectivity index (χ0v) is 57.5. The molecule has 0 radical (unpaired) electrons. The first-order valence-electron chi connectivity index (χ1n) is 28.5. The smallest absolute Gasteiger partial charge is 0.322 e. The SMILES string of the molecule is CNC(=O)CC1NC(=O)c2csc(n2)-c2ccc(-c3nc(C(=O)NCCC(=O)OC(C)(C)C)cs3)nc2-c2csc(n2)-c2csc(n2)C(C(O)c2ccccc2)NC(=O)CNC(=O)c2nc(sc2CSSC(C)C(=O)NCC(=O)O)C(C(C)C)NC(=O)c2nc1sc2C. The molecular weight excluding hydrogens is 1350 g/mol. The van der Waals surface area contributed by atoms with Crippen molar-refractivity contribution in [3.8, 4) is 43.4 Å². The molecule has 0 fully saturated rings. The number of aryl methyl sites for hydroxylation is 1. The van der Waals surface area contributed by atoms with Gasteiger partial charge in [0.25, 0.3) is 23.6 Å². The molecule has 1 aliphatic rings. The van der Waals surface area contributed by atoms with Gasteiger partial charge >= 0.3 is 11.9 Å². The van der Waals surface area contributed by atoms with E-state index in [-0.39, 0.29) is 58.8 Å². The third kappa shape index (κ3) is 17.8. The lowest BCUT2D eigenvalue weighted by atomic mass is 10.0. The zero-order valence-electron chi connectivity index (χ0n) is 50.9. The van der Waals surface area contributed by atoms with Gasteiger partial charge in [0.1, 0.15) is 94.2 Å². The molecular formula is C59H62N14O12S8. The van der Waals surface area contributed by atoms with Crippen LogP contribution in [0.25, 0.3) is 43.4 Å². The van der Waals surface area contributed by atoms with Crippen molar-refractivity contribution in [2.75, 3.05) is 26.7 Å². The Morgan fingerprint density at radius 2 is 1.41 bits per heavy atom. The van der Waals surface area contributed by atoms with Crippen molar-refractivity contribution in [1.82, 2.24) is 72.1 Å². The Morgan fingerprint density at radius 3 is 2.14 bits per heavy atom. The van der Waals surface area contributed by atoms with Gasteiger partial charge in [-0.1, -0.05) is 65.8 Å². The van der Waals surface area contributed by atoms with Gasteiger partial charge in [-0.2, -0.15) is 0 Å². The quantitative estimate of drug-likeness (QED) is 0.0307. The number of aliphatic hydroxyl groups excluding tert-OH is 1. The second-order valence-electron chi connectivity index (χ2n) is 21.9. The molecule has 1 aromatic carbocycles. The summed E-state index contributed by atoms with van der Waals surface area (Å²) in [5.41, 5.74) is 1.67. The molecule has 93 heavy (non-hydrogen) atoms. The van der Waals surface area contributed by atoms with E-state index in [0.717, 1.165) is 67.5 Å². The Kier molecular flexibility index (Phi) is 23.0. The van der Waals surface area contributed by atoms with Gasteiger partial charge in [-0.15, -0.1) is 68.0 Å². The average molecular weight is 1420 g/mol. The summed E-state index contributed by atoms with van der Waals surface area (Å²) in [4.78, 5) is 155. The fraction of sp³-hybridized carbons (Fsp3) is 0.356. The standard InChI is InChI=1S/C59H62N14O12S8/c1-26(2)42-58-73-45(37(92-58)25-90-93-28(4)48(80)63-20-40(76)77)51(83)62-19-39(75)70-46(47(79)29-12-10-9-11-13-29)57-69-36(24-89-57)55-66-33(21-87-55)44-30(14-15-31(64-44)54-68-34(22-88-54)49(81)61-17-16-41(78)85-59(5,6)7)53-67-35(23-86-53)50(82)65-32(18-38(74)60-8)56-72-43(27(3)91-56)52(84)71-42/h9-15,21-24,26,28,32,42,46-47,79H,16-20,25H2,1-8H3,(H,60,74)(H,61,81)(H,62,83)(H,63,80)(H,65,82)(H,70,75)(H,71,84)(H,76,77). The monoisotopic (exact) mass is 1410 g/mol. The summed E-state index contributed by atoms with van der Waals surface area (Å²) in [5.74, 6) is -6.08. The molecule has 9 rings (SSSR count). The fourth-order valence-electron chi connectivity index (χ4n) is 8.86. The van der Waals surface area contributed by atoms with E-state index in [9.17, 15) is 48.3 Å². The Bertz CT molecular complexity index is 4100. The number of thiazole rings is 6. The van der Waals surface area contributed by atoms with Gasteiger partial charge < -0.3 is 52.2 Å². The summed E-state index contributed by atoms with van der Waals surface area (Å²) in [6.45, 7) is 11.1. The van der Waals surface area contributed by atoms with Crippen LogP contribution >= 0.6 is 89.6 Å². The number of carbonyl (C=O) groups is 9. The highest BCUT2D eigenvalue weighted by atomic mass is 33.1. The Labute approximate surface area is 564 Å². The Morgan fingerprint density at radius 1 is 0.710 bits per heavy atom. The number of hydrogen-bond acceptors (Lipinski definition) is 26. The molecule has 0 aliphatic carbocycles. The summed E-state index contributed by atoms with van der Waals surface area (Å²) < 4.78 is 5.36. The third-order valence-corrected chi connectivity index (χ3v) is 22.0. The number of aliphatic carboxylic acids is 1. The molecule has 9 N–H and O–H groups in total. The van der Waals surface area contributed by atoms with Crippen LogP contribution in [0.1, 0.15) is 151 Å². The van der Waals surface area contributed by atoms with E-state index in [0.29, 0.717) is 68.7 Å². The van der Waals surface area contributed by atoms with Crippen LogP contribution in [0.2, 0.25) is 0 Å². The van der Waals surface area contributed by atoms with Crippen LogP contribution < -0.4 is 37.2 Å². The maximum atomic E-state index is 14.5. The summed E-state index contributed by atoms with van der Waals surface area (Å²) in [6.07, 6.45) is -1.65. The molecule has 488 valence electrons. The zero-order chi connectivity index (χ0) is 66.8. The highest BCUT2D eigenvalue weighted by Crippen LogP contribution is 2.41. The summed E-state index contributed by atoms with van der Waals surface area (Å²) in [7, 11) is 3.79. The van der Waals surface area contributed by atoms with E-state index in [4.69, 9.17) is 39.7 Å². The number of rotatable bonds is 17. The predicted octanol–water partition coefficient (Wildman–Crippen LogP) is 8.10. The highest BCUT2D eigenvalue weighted by molar-refractivity contribution is 8.76. The van der Waals surface area contributed by atoms with E-state index in [1.54, 1.807) is 98.6 Å². The molecule has 8 heterocycles. The minimum Gasteiger partial charge on any atom is -0.480 e. The van der Waals surface area contributed by atoms with Crippen LogP contribution in [0, 0.1) is 12.8 Å². The maximum Gasteiger partial charge on any atom is 0.322 e. The van der Waals surface area contributed by atoms with Gasteiger partial charge in [0, 0.05) is 56.2 Å². The Balaban J connectivity index is 1.09. The number of ether oxygens (including phenoxy) is 1. The summed E-state index contributed by atoms with van der Waals surface area (Å²) in [5, 5.41) is 48.1. The molecule has 8 aromatic rings. The number of hydrogen-bond donors (Lipinski definition) is 9. The minimum atomic E-state index is -1.34. The number of fused-ring (bicyclic) bond motifs is 14. The molecule has 5 unspecified atom stereocenters. The minimum absolute atomic E-state index is 0.00496. The van der Waals surface area contributed by atoms with E-state index in [2.05, 4.69) is 42.2 Å². The van der Waals surface area contributed by atoms with Gasteiger partial charge in [0.15, 0.2) is 0 Å². The molecule has 34 heteroatoms. The van der Waals surface area contributed by atoms with Crippen molar-refractivity contribution in [2.45, 2.75) is 102 Å². The van der Waals surface area contributed by atoms with Gasteiger partial charge in [0.2, 0.25) is 17.7 Å². The largest absolute Gasteiger partial charge is 0.480 e. The maximum absolute atomic E-state index is 14.5. The number of esters is 1. The number of nitrogens with zero attached hydrogens (tertiary/aromatic N) is 7. The van der Waals surface area contributed by atoms with Gasteiger partial charge in [-0.25, -0.2) is 34.9 Å². The van der Waals surface area contributed by atoms with Gasteiger partial charge in [0.05, 0.1) is 42.4 Å². The van der Waals surface area contributed by atoms with Crippen molar-refractivity contribution in [3.05, 3.63) is 117 Å². The summed E-state index contributed by atoms with van der Waals surface area (Å²) >= 11 is 6.92. The van der Waals surface area contributed by atoms with Crippen LogP contribution in [0.5, 0.6) is 0 Å². The molecule has 0 saturated carbocycles. The van der Waals surface area contributed by atoms with Crippen LogP contribution in [-0.2, 0) is 34.5 Å². The predicted molar refractivity (Wildman–Crippen MR) is 358 cm³/mol. The Hall–Kier alpha value is -7.96. The van der Waals surface area contributed by atoms with E-state index in [1.807, 2.05) is 13.8 Å². The molecule has 10 bridgehead atoms. The van der Waals surface area contributed by atoms with Crippen molar-refractivity contribution in [2.24, 2.45) is 5.92 Å². The van der Waals surface area contributed by atoms with Crippen molar-refractivity contribution >= 4 is 143 Å². The number of pyridine rings is 1. The molecule has 0 saturated heterocycles. The third-order valence-electron chi connectivity index (χ3n) is 13.4. The van der Waals surface area contributed by atoms with Crippen molar-refractivity contribution < 1.29 is 58.1 Å². The highest BCUT2D eigenvalue weighted by Gasteiger charge is 2.33. The number of carboxylic acid groups (broad SMARTS) is 1. The number of aromatic nitrogens is 7. The first-order valence-corrected chi connectivity index (χ1v) is 36.1. The topological polar surface area (TPSA) is 378 Å².